The molecule has 144 valence electrons. The minimum Gasteiger partial charge on any atom is -0.452 e. The van der Waals surface area contributed by atoms with E-state index in [1.54, 1.807) is 13.0 Å². The smallest absolute Gasteiger partial charge is 0.343 e. The summed E-state index contributed by atoms with van der Waals surface area (Å²) in [4.78, 5) is 34.6. The average molecular weight is 395 g/mol. The van der Waals surface area contributed by atoms with Crippen LogP contribution in [0.5, 0.6) is 0 Å². The van der Waals surface area contributed by atoms with Gasteiger partial charge >= 0.3 is 5.97 Å². The summed E-state index contributed by atoms with van der Waals surface area (Å²) in [6, 6.07) is 5.66. The Labute approximate surface area is 160 Å². The topological polar surface area (TPSA) is 116 Å². The van der Waals surface area contributed by atoms with E-state index in [4.69, 9.17) is 16.3 Å². The quantitative estimate of drug-likeness (QED) is 0.438. The van der Waals surface area contributed by atoms with Crippen molar-refractivity contribution in [3.8, 4) is 0 Å². The standard InChI is InChI=1S/C17H19ClN4O5/c1-10(2)8-21-16(18)15(11(3)20-21)17(24)27-9-14(23)19-12-6-4-5-7-13(12)22(25)26/h4-7,10H,8-9H2,1-3H3,(H,19,23). The van der Waals surface area contributed by atoms with Gasteiger partial charge in [-0.25, -0.2) is 4.79 Å². The van der Waals surface area contributed by atoms with Gasteiger partial charge in [-0.15, -0.1) is 0 Å². The van der Waals surface area contributed by atoms with Crippen LogP contribution < -0.4 is 5.32 Å². The number of aromatic nitrogens is 2. The maximum atomic E-state index is 12.3. The maximum Gasteiger partial charge on any atom is 0.343 e. The first-order valence-corrected chi connectivity index (χ1v) is 8.51. The molecule has 0 aliphatic rings. The Morgan fingerprint density at radius 3 is 2.67 bits per heavy atom. The number of para-hydroxylation sites is 2. The highest BCUT2D eigenvalue weighted by Gasteiger charge is 2.23. The third-order valence-corrected chi connectivity index (χ3v) is 3.90. The number of esters is 1. The molecule has 1 aromatic carbocycles. The molecule has 2 aromatic rings. The van der Waals surface area contributed by atoms with Crippen molar-refractivity contribution in [2.24, 2.45) is 5.92 Å². The van der Waals surface area contributed by atoms with E-state index in [1.807, 2.05) is 13.8 Å². The predicted octanol–water partition coefficient (Wildman–Crippen LogP) is 3.20. The van der Waals surface area contributed by atoms with Crippen LogP contribution in [-0.2, 0) is 16.1 Å². The summed E-state index contributed by atoms with van der Waals surface area (Å²) in [7, 11) is 0. The molecule has 0 bridgehead atoms. The summed E-state index contributed by atoms with van der Waals surface area (Å²) < 4.78 is 6.49. The number of nitro benzene ring substituents is 1. The second kappa shape index (κ2) is 8.63. The molecular formula is C17H19ClN4O5. The molecule has 1 aromatic heterocycles. The van der Waals surface area contributed by atoms with Crippen LogP contribution in [0.3, 0.4) is 0 Å². The zero-order chi connectivity index (χ0) is 20.1. The molecule has 0 atom stereocenters. The van der Waals surface area contributed by atoms with Crippen LogP contribution in [0.1, 0.15) is 29.9 Å². The second-order valence-corrected chi connectivity index (χ2v) is 6.58. The Morgan fingerprint density at radius 2 is 2.04 bits per heavy atom. The van der Waals surface area contributed by atoms with E-state index in [2.05, 4.69) is 10.4 Å². The van der Waals surface area contributed by atoms with Crippen LogP contribution in [0.2, 0.25) is 5.15 Å². The first-order chi connectivity index (χ1) is 12.7. The summed E-state index contributed by atoms with van der Waals surface area (Å²) >= 11 is 6.19. The van der Waals surface area contributed by atoms with Gasteiger partial charge < -0.3 is 10.1 Å². The molecule has 0 radical (unpaired) electrons. The lowest BCUT2D eigenvalue weighted by Gasteiger charge is -2.08. The van der Waals surface area contributed by atoms with Gasteiger partial charge in [-0.1, -0.05) is 37.6 Å². The fourth-order valence-electron chi connectivity index (χ4n) is 2.38. The lowest BCUT2D eigenvalue weighted by molar-refractivity contribution is -0.383. The molecule has 0 aliphatic carbocycles. The molecule has 9 nitrogen and oxygen atoms in total. The van der Waals surface area contributed by atoms with E-state index in [9.17, 15) is 19.7 Å². The molecule has 1 amide bonds. The van der Waals surface area contributed by atoms with Crippen molar-refractivity contribution in [2.75, 3.05) is 11.9 Å². The number of hydrogen-bond donors (Lipinski definition) is 1. The number of carbonyl (C=O) groups is 2. The first-order valence-electron chi connectivity index (χ1n) is 8.14. The lowest BCUT2D eigenvalue weighted by atomic mass is 10.2. The van der Waals surface area contributed by atoms with Gasteiger partial charge in [0, 0.05) is 12.6 Å². The van der Waals surface area contributed by atoms with Crippen molar-refractivity contribution >= 4 is 34.9 Å². The van der Waals surface area contributed by atoms with Crippen molar-refractivity contribution in [1.29, 1.82) is 0 Å². The highest BCUT2D eigenvalue weighted by Crippen LogP contribution is 2.24. The number of hydrogen-bond acceptors (Lipinski definition) is 6. The summed E-state index contributed by atoms with van der Waals surface area (Å²) in [6.07, 6.45) is 0. The summed E-state index contributed by atoms with van der Waals surface area (Å²) in [5.74, 6) is -1.22. The summed E-state index contributed by atoms with van der Waals surface area (Å²) in [6.45, 7) is 5.50. The minimum absolute atomic E-state index is 0.0162. The zero-order valence-corrected chi connectivity index (χ0v) is 15.8. The molecular weight excluding hydrogens is 376 g/mol. The van der Waals surface area contributed by atoms with E-state index in [0.717, 1.165) is 0 Å². The van der Waals surface area contributed by atoms with Gasteiger partial charge in [-0.3, -0.25) is 19.6 Å². The van der Waals surface area contributed by atoms with Crippen LogP contribution in [0, 0.1) is 23.0 Å². The molecule has 2 rings (SSSR count). The molecule has 27 heavy (non-hydrogen) atoms. The Balaban J connectivity index is 2.03. The molecule has 0 saturated carbocycles. The second-order valence-electron chi connectivity index (χ2n) is 6.23. The van der Waals surface area contributed by atoms with E-state index in [1.165, 1.54) is 22.9 Å². The van der Waals surface area contributed by atoms with Gasteiger partial charge in [-0.05, 0) is 18.9 Å². The van der Waals surface area contributed by atoms with Crippen LogP contribution >= 0.6 is 11.6 Å². The summed E-state index contributed by atoms with van der Waals surface area (Å²) in [5, 5.41) is 17.6. The molecule has 0 saturated heterocycles. The van der Waals surface area contributed by atoms with Gasteiger partial charge in [0.2, 0.25) is 0 Å². The number of carbonyl (C=O) groups excluding carboxylic acids is 2. The van der Waals surface area contributed by atoms with E-state index >= 15 is 0 Å². The van der Waals surface area contributed by atoms with Crippen molar-refractivity contribution < 1.29 is 19.2 Å². The maximum absolute atomic E-state index is 12.3. The SMILES string of the molecule is Cc1nn(CC(C)C)c(Cl)c1C(=O)OCC(=O)Nc1ccccc1[N+](=O)[O-]. The number of nitrogens with zero attached hydrogens (tertiary/aromatic N) is 3. The molecule has 0 unspecified atom stereocenters. The van der Waals surface area contributed by atoms with Crippen molar-refractivity contribution in [2.45, 2.75) is 27.3 Å². The van der Waals surface area contributed by atoms with E-state index in [-0.39, 0.29) is 28.0 Å². The average Bonchev–Trinajstić information content (AvgIpc) is 2.86. The number of benzene rings is 1. The van der Waals surface area contributed by atoms with Gasteiger partial charge in [0.15, 0.2) is 6.61 Å². The molecule has 1 heterocycles. The van der Waals surface area contributed by atoms with Gasteiger partial charge in [0.05, 0.1) is 10.6 Å². The van der Waals surface area contributed by atoms with Gasteiger partial charge in [0.1, 0.15) is 16.4 Å². The zero-order valence-electron chi connectivity index (χ0n) is 15.1. The van der Waals surface area contributed by atoms with E-state index in [0.29, 0.717) is 12.2 Å². The highest BCUT2D eigenvalue weighted by atomic mass is 35.5. The monoisotopic (exact) mass is 394 g/mol. The van der Waals surface area contributed by atoms with Gasteiger partial charge in [0.25, 0.3) is 11.6 Å². The number of ether oxygens (including phenoxy) is 1. The molecule has 10 heteroatoms. The Hall–Kier alpha value is -2.94. The highest BCUT2D eigenvalue weighted by molar-refractivity contribution is 6.32. The fraction of sp³-hybridized carbons (Fsp3) is 0.353. The number of rotatable bonds is 7. The van der Waals surface area contributed by atoms with Crippen LogP contribution in [-0.4, -0.2) is 33.2 Å². The third-order valence-electron chi connectivity index (χ3n) is 3.52. The largest absolute Gasteiger partial charge is 0.452 e. The van der Waals surface area contributed by atoms with Crippen molar-refractivity contribution in [3.05, 3.63) is 50.8 Å². The summed E-state index contributed by atoms with van der Waals surface area (Å²) in [5.41, 5.74) is 0.245. The van der Waals surface area contributed by atoms with Crippen LogP contribution in [0.25, 0.3) is 0 Å². The number of nitro groups is 1. The first kappa shape index (κ1) is 20.4. The fourth-order valence-corrected chi connectivity index (χ4v) is 2.70. The van der Waals surface area contributed by atoms with Crippen LogP contribution in [0.4, 0.5) is 11.4 Å². The van der Waals surface area contributed by atoms with Crippen molar-refractivity contribution in [3.63, 3.8) is 0 Å². The van der Waals surface area contributed by atoms with E-state index < -0.39 is 23.4 Å². The Morgan fingerprint density at radius 1 is 1.37 bits per heavy atom. The number of aryl methyl sites for hydroxylation is 1. The minimum atomic E-state index is -0.787. The normalized spacial score (nSPS) is 10.7. The van der Waals surface area contributed by atoms with Crippen LogP contribution in [0.15, 0.2) is 24.3 Å². The van der Waals surface area contributed by atoms with Crippen molar-refractivity contribution in [1.82, 2.24) is 9.78 Å². The lowest BCUT2D eigenvalue weighted by Crippen LogP contribution is -2.21. The number of halogens is 1. The molecule has 0 aliphatic heterocycles. The Bertz CT molecular complexity index is 878. The number of nitrogens with one attached hydrogen (secondary N) is 1. The number of anilines is 1. The Kier molecular flexibility index (Phi) is 6.51. The number of amides is 1. The molecule has 0 fully saturated rings. The molecule has 0 spiro atoms. The van der Waals surface area contributed by atoms with Gasteiger partial charge in [-0.2, -0.15) is 5.10 Å². The predicted molar refractivity (Wildman–Crippen MR) is 98.8 cm³/mol. The third kappa shape index (κ3) is 5.04. The molecule has 1 N–H and O–H groups in total.